The van der Waals surface area contributed by atoms with E-state index in [0.29, 0.717) is 35.2 Å². The Morgan fingerprint density at radius 2 is 1.81 bits per heavy atom. The zero-order chi connectivity index (χ0) is 26.2. The molecule has 5 rings (SSSR count). The van der Waals surface area contributed by atoms with Gasteiger partial charge in [-0.15, -0.1) is 10.2 Å². The number of nitrogens with zero attached hydrogens (tertiary/aromatic N) is 5. The molecule has 0 radical (unpaired) electrons. The summed E-state index contributed by atoms with van der Waals surface area (Å²) in [5.74, 6) is -0.765. The van der Waals surface area contributed by atoms with Crippen molar-refractivity contribution < 1.29 is 21.6 Å². The Morgan fingerprint density at radius 3 is 2.41 bits per heavy atom. The number of alkyl halides is 2. The maximum absolute atomic E-state index is 13.9. The van der Waals surface area contributed by atoms with Crippen LogP contribution in [-0.4, -0.2) is 72.9 Å². The largest absolute Gasteiger partial charge is 0.415 e. The molecule has 0 bridgehead atoms. The van der Waals surface area contributed by atoms with Crippen LogP contribution < -0.4 is 4.31 Å². The zero-order valence-corrected chi connectivity index (χ0v) is 21.9. The van der Waals surface area contributed by atoms with Gasteiger partial charge in [0.15, 0.2) is 0 Å². The van der Waals surface area contributed by atoms with Crippen LogP contribution in [0.1, 0.15) is 30.7 Å². The van der Waals surface area contributed by atoms with E-state index < -0.39 is 27.6 Å². The van der Waals surface area contributed by atoms with Crippen molar-refractivity contribution >= 4 is 27.3 Å². The van der Waals surface area contributed by atoms with E-state index >= 15 is 0 Å². The minimum Gasteiger partial charge on any atom is -0.415 e. The number of sulfonamides is 1. The average molecular weight is 552 g/mol. The number of benzene rings is 2. The first-order valence-corrected chi connectivity index (χ1v) is 14.0. The summed E-state index contributed by atoms with van der Waals surface area (Å²) in [4.78, 5) is 4.65. The van der Waals surface area contributed by atoms with Gasteiger partial charge in [-0.3, -0.25) is 9.21 Å². The quantitative estimate of drug-likeness (QED) is 0.409. The van der Waals surface area contributed by atoms with Crippen molar-refractivity contribution in [2.24, 2.45) is 0 Å². The summed E-state index contributed by atoms with van der Waals surface area (Å²) in [6.07, 6.45) is -1.71. The van der Waals surface area contributed by atoms with E-state index in [2.05, 4.69) is 27.0 Å². The van der Waals surface area contributed by atoms with E-state index in [4.69, 9.17) is 16.0 Å². The zero-order valence-electron chi connectivity index (χ0n) is 20.3. The van der Waals surface area contributed by atoms with Crippen molar-refractivity contribution in [3.63, 3.8) is 0 Å². The second-order valence-corrected chi connectivity index (χ2v) is 12.2. The van der Waals surface area contributed by atoms with Gasteiger partial charge < -0.3 is 9.32 Å². The summed E-state index contributed by atoms with van der Waals surface area (Å²) in [7, 11) is -1.61. The molecule has 3 aromatic rings. The van der Waals surface area contributed by atoms with Crippen LogP contribution in [-0.2, 0) is 16.6 Å². The Hall–Kier alpha value is -2.60. The predicted octanol–water partition coefficient (Wildman–Crippen LogP) is 4.44. The third-order valence-electron chi connectivity index (χ3n) is 7.02. The lowest BCUT2D eigenvalue weighted by Crippen LogP contribution is -2.60. The van der Waals surface area contributed by atoms with E-state index in [1.807, 2.05) is 0 Å². The first-order chi connectivity index (χ1) is 17.7. The van der Waals surface area contributed by atoms with Gasteiger partial charge in [0.2, 0.25) is 15.9 Å². The third kappa shape index (κ3) is 5.64. The molecule has 37 heavy (non-hydrogen) atoms. The van der Waals surface area contributed by atoms with Crippen molar-refractivity contribution in [1.82, 2.24) is 20.0 Å². The van der Waals surface area contributed by atoms with Crippen LogP contribution in [0, 0.1) is 0 Å². The molecule has 0 saturated carbocycles. The molecule has 8 nitrogen and oxygen atoms in total. The Balaban J connectivity index is 1.35. The molecule has 1 aromatic heterocycles. The molecule has 2 saturated heterocycles. The van der Waals surface area contributed by atoms with E-state index in [1.165, 1.54) is 4.31 Å². The number of piperidine rings is 1. The average Bonchev–Trinajstić information content (AvgIpc) is 3.37. The van der Waals surface area contributed by atoms with Gasteiger partial charge in [0.1, 0.15) is 0 Å². The summed E-state index contributed by atoms with van der Waals surface area (Å²) >= 11 is 6.22. The van der Waals surface area contributed by atoms with Crippen LogP contribution in [0.25, 0.3) is 11.5 Å². The number of halogens is 3. The van der Waals surface area contributed by atoms with Gasteiger partial charge in [0, 0.05) is 29.7 Å². The van der Waals surface area contributed by atoms with Crippen LogP contribution in [0.4, 0.5) is 14.5 Å². The fourth-order valence-corrected chi connectivity index (χ4v) is 7.02. The second kappa shape index (κ2) is 10.6. The molecule has 198 valence electrons. The number of anilines is 1. The number of hydrogen-bond donors (Lipinski definition) is 0. The van der Waals surface area contributed by atoms with E-state index in [-0.39, 0.29) is 12.4 Å². The van der Waals surface area contributed by atoms with Crippen molar-refractivity contribution in [3.05, 3.63) is 65.0 Å². The number of hydrogen-bond acceptors (Lipinski definition) is 7. The molecule has 0 aliphatic carbocycles. The van der Waals surface area contributed by atoms with Crippen molar-refractivity contribution in [2.75, 3.05) is 37.5 Å². The van der Waals surface area contributed by atoms with Crippen LogP contribution >= 0.6 is 11.6 Å². The molecule has 2 fully saturated rings. The number of likely N-dealkylation sites (tertiary alicyclic amines) is 2. The monoisotopic (exact) mass is 551 g/mol. The molecule has 0 N–H and O–H groups in total. The van der Waals surface area contributed by atoms with Gasteiger partial charge in [-0.1, -0.05) is 29.8 Å². The highest BCUT2D eigenvalue weighted by atomic mass is 35.5. The normalized spacial score (nSPS) is 18.3. The fourth-order valence-electron chi connectivity index (χ4n) is 4.93. The van der Waals surface area contributed by atoms with Gasteiger partial charge in [0.25, 0.3) is 5.89 Å². The van der Waals surface area contributed by atoms with Crippen molar-refractivity contribution in [3.8, 4) is 11.5 Å². The highest BCUT2D eigenvalue weighted by Gasteiger charge is 2.38. The highest BCUT2D eigenvalue weighted by Crippen LogP contribution is 2.31. The molecular formula is C25H28ClF2N5O3S. The standard InChI is InChI=1S/C25H28ClF2N5O3S/c1-31-15-21(16-31)32-11-9-22(10-12-32)37(34,35)33(20-4-2-3-19(26)13-20)14-17-5-7-18(8-6-17)24-29-30-25(36-24)23(27)28/h2-8,13,21-23H,9-12,14-16H2,1H3. The molecule has 2 aliphatic heterocycles. The number of likely N-dealkylation sites (N-methyl/N-ethyl adjacent to an activating group) is 1. The van der Waals surface area contributed by atoms with Gasteiger partial charge >= 0.3 is 6.43 Å². The Morgan fingerprint density at radius 1 is 1.11 bits per heavy atom. The first kappa shape index (κ1) is 26.0. The Kier molecular flexibility index (Phi) is 7.49. The molecule has 2 aromatic carbocycles. The van der Waals surface area contributed by atoms with Crippen LogP contribution in [0.5, 0.6) is 0 Å². The van der Waals surface area contributed by atoms with Crippen LogP contribution in [0.3, 0.4) is 0 Å². The lowest BCUT2D eigenvalue weighted by molar-refractivity contribution is 0.0407. The van der Waals surface area contributed by atoms with Crippen LogP contribution in [0.2, 0.25) is 5.02 Å². The molecular weight excluding hydrogens is 524 g/mol. The van der Waals surface area contributed by atoms with Gasteiger partial charge in [-0.25, -0.2) is 8.42 Å². The fraction of sp³-hybridized carbons (Fsp3) is 0.440. The maximum atomic E-state index is 13.9. The smallest absolute Gasteiger partial charge is 0.314 e. The number of aromatic nitrogens is 2. The molecule has 0 atom stereocenters. The molecule has 3 heterocycles. The minimum atomic E-state index is -3.70. The van der Waals surface area contributed by atoms with E-state index in [9.17, 15) is 17.2 Å². The second-order valence-electron chi connectivity index (χ2n) is 9.58. The van der Waals surface area contributed by atoms with Gasteiger partial charge in [-0.2, -0.15) is 8.78 Å². The lowest BCUT2D eigenvalue weighted by atomic mass is 10.0. The molecule has 0 spiro atoms. The first-order valence-electron chi connectivity index (χ1n) is 12.1. The third-order valence-corrected chi connectivity index (χ3v) is 9.52. The Bertz CT molecular complexity index is 1320. The maximum Gasteiger partial charge on any atom is 0.314 e. The summed E-state index contributed by atoms with van der Waals surface area (Å²) in [6, 6.07) is 14.1. The predicted molar refractivity (Wildman–Crippen MR) is 137 cm³/mol. The molecule has 2 aliphatic rings. The van der Waals surface area contributed by atoms with Gasteiger partial charge in [0.05, 0.1) is 17.5 Å². The summed E-state index contributed by atoms with van der Waals surface area (Å²) in [6.45, 7) is 3.66. The molecule has 0 amide bonds. The number of rotatable bonds is 8. The topological polar surface area (TPSA) is 82.8 Å². The van der Waals surface area contributed by atoms with Gasteiger partial charge in [-0.05, 0) is 68.9 Å². The van der Waals surface area contributed by atoms with E-state index in [0.717, 1.165) is 31.7 Å². The van der Waals surface area contributed by atoms with Crippen molar-refractivity contribution in [2.45, 2.75) is 37.1 Å². The summed E-state index contributed by atoms with van der Waals surface area (Å²) in [5.41, 5.74) is 1.68. The molecule has 12 heteroatoms. The summed E-state index contributed by atoms with van der Waals surface area (Å²) < 4.78 is 59.8. The van der Waals surface area contributed by atoms with Crippen molar-refractivity contribution in [1.29, 1.82) is 0 Å². The highest BCUT2D eigenvalue weighted by molar-refractivity contribution is 7.93. The minimum absolute atomic E-state index is 0.0226. The SMILES string of the molecule is CN1CC(N2CCC(S(=O)(=O)N(Cc3ccc(-c4nnc(C(F)F)o4)cc3)c3cccc(Cl)c3)CC2)C1. The lowest BCUT2D eigenvalue weighted by Gasteiger charge is -2.46. The Labute approximate surface area is 219 Å². The summed E-state index contributed by atoms with van der Waals surface area (Å²) in [5, 5.41) is 6.97. The molecule has 0 unspecified atom stereocenters. The van der Waals surface area contributed by atoms with E-state index in [1.54, 1.807) is 48.5 Å². The van der Waals surface area contributed by atoms with Crippen LogP contribution in [0.15, 0.2) is 52.9 Å².